The van der Waals surface area contributed by atoms with Crippen molar-refractivity contribution in [2.24, 2.45) is 5.73 Å². The average molecular weight is 284 g/mol. The SMILES string of the molecule is NCC#Cc1ccc(C(=O)N2C3CCC2CC(O)C3)cc1. The van der Waals surface area contributed by atoms with Gasteiger partial charge in [-0.3, -0.25) is 4.79 Å². The quantitative estimate of drug-likeness (QED) is 0.760. The van der Waals surface area contributed by atoms with Crippen LogP contribution in [0, 0.1) is 11.8 Å². The number of hydrogen-bond donors (Lipinski definition) is 2. The fraction of sp³-hybridized carbons (Fsp3) is 0.471. The molecule has 2 aliphatic rings. The number of nitrogens with zero attached hydrogens (tertiary/aromatic N) is 1. The van der Waals surface area contributed by atoms with Gasteiger partial charge in [0, 0.05) is 23.2 Å². The minimum Gasteiger partial charge on any atom is -0.393 e. The Morgan fingerprint density at radius 1 is 1.24 bits per heavy atom. The van der Waals surface area contributed by atoms with Gasteiger partial charge in [0.15, 0.2) is 0 Å². The monoisotopic (exact) mass is 284 g/mol. The van der Waals surface area contributed by atoms with Crippen LogP contribution in [0.5, 0.6) is 0 Å². The zero-order chi connectivity index (χ0) is 14.8. The first-order valence-electron chi connectivity index (χ1n) is 7.48. The van der Waals surface area contributed by atoms with Gasteiger partial charge in [-0.15, -0.1) is 0 Å². The lowest BCUT2D eigenvalue weighted by atomic mass is 9.98. The Labute approximate surface area is 124 Å². The number of piperidine rings is 1. The maximum Gasteiger partial charge on any atom is 0.254 e. The van der Waals surface area contributed by atoms with E-state index in [-0.39, 0.29) is 24.1 Å². The van der Waals surface area contributed by atoms with Crippen molar-refractivity contribution in [1.82, 2.24) is 4.90 Å². The molecule has 2 unspecified atom stereocenters. The number of aliphatic hydroxyl groups excluding tert-OH is 1. The fourth-order valence-electron chi connectivity index (χ4n) is 3.48. The molecular formula is C17H20N2O2. The largest absolute Gasteiger partial charge is 0.393 e. The summed E-state index contributed by atoms with van der Waals surface area (Å²) in [6.07, 6.45) is 3.19. The first-order chi connectivity index (χ1) is 10.2. The second kappa shape index (κ2) is 5.88. The Hall–Kier alpha value is -1.83. The maximum atomic E-state index is 12.7. The van der Waals surface area contributed by atoms with Crippen molar-refractivity contribution in [2.45, 2.75) is 43.9 Å². The van der Waals surface area contributed by atoms with E-state index in [2.05, 4.69) is 11.8 Å². The summed E-state index contributed by atoms with van der Waals surface area (Å²) in [7, 11) is 0. The van der Waals surface area contributed by atoms with Gasteiger partial charge in [0.05, 0.1) is 12.6 Å². The van der Waals surface area contributed by atoms with Crippen LogP contribution in [0.3, 0.4) is 0 Å². The Balaban J connectivity index is 1.76. The van der Waals surface area contributed by atoms with E-state index >= 15 is 0 Å². The molecule has 0 aromatic heterocycles. The molecule has 110 valence electrons. The van der Waals surface area contributed by atoms with Gasteiger partial charge in [0.1, 0.15) is 0 Å². The van der Waals surface area contributed by atoms with Gasteiger partial charge < -0.3 is 15.7 Å². The van der Waals surface area contributed by atoms with Crippen LogP contribution in [0.15, 0.2) is 24.3 Å². The zero-order valence-corrected chi connectivity index (χ0v) is 12.0. The average Bonchev–Trinajstić information content (AvgIpc) is 2.77. The van der Waals surface area contributed by atoms with Crippen LogP contribution in [0.25, 0.3) is 0 Å². The highest BCUT2D eigenvalue weighted by Gasteiger charge is 2.42. The Morgan fingerprint density at radius 3 is 2.43 bits per heavy atom. The third-order valence-corrected chi connectivity index (χ3v) is 4.41. The summed E-state index contributed by atoms with van der Waals surface area (Å²) < 4.78 is 0. The highest BCUT2D eigenvalue weighted by molar-refractivity contribution is 5.95. The summed E-state index contributed by atoms with van der Waals surface area (Å²) in [5.41, 5.74) is 6.91. The molecule has 1 aromatic rings. The normalized spacial score (nSPS) is 27.1. The van der Waals surface area contributed by atoms with Crippen LogP contribution in [-0.4, -0.2) is 40.6 Å². The third kappa shape index (κ3) is 2.80. The highest BCUT2D eigenvalue weighted by atomic mass is 16.3. The molecule has 0 spiro atoms. The third-order valence-electron chi connectivity index (χ3n) is 4.41. The number of aliphatic hydroxyl groups is 1. The molecule has 2 saturated heterocycles. The van der Waals surface area contributed by atoms with Gasteiger partial charge in [-0.05, 0) is 49.9 Å². The van der Waals surface area contributed by atoms with E-state index in [0.29, 0.717) is 24.9 Å². The lowest BCUT2D eigenvalue weighted by Gasteiger charge is -2.37. The van der Waals surface area contributed by atoms with Crippen LogP contribution in [0.1, 0.15) is 41.6 Å². The van der Waals surface area contributed by atoms with Crippen molar-refractivity contribution in [1.29, 1.82) is 0 Å². The number of carbonyl (C=O) groups excluding carboxylic acids is 1. The molecule has 4 nitrogen and oxygen atoms in total. The molecule has 0 saturated carbocycles. The van der Waals surface area contributed by atoms with Crippen LogP contribution < -0.4 is 5.73 Å². The Morgan fingerprint density at radius 2 is 1.86 bits per heavy atom. The van der Waals surface area contributed by atoms with Crippen LogP contribution in [0.2, 0.25) is 0 Å². The predicted octanol–water partition coefficient (Wildman–Crippen LogP) is 1.12. The van der Waals surface area contributed by atoms with Crippen molar-refractivity contribution >= 4 is 5.91 Å². The van der Waals surface area contributed by atoms with Gasteiger partial charge in [-0.25, -0.2) is 0 Å². The van der Waals surface area contributed by atoms with Crippen molar-refractivity contribution < 1.29 is 9.90 Å². The van der Waals surface area contributed by atoms with E-state index in [9.17, 15) is 9.90 Å². The van der Waals surface area contributed by atoms with E-state index in [0.717, 1.165) is 18.4 Å². The van der Waals surface area contributed by atoms with E-state index in [4.69, 9.17) is 5.73 Å². The molecule has 4 heteroatoms. The minimum atomic E-state index is -0.250. The summed E-state index contributed by atoms with van der Waals surface area (Å²) >= 11 is 0. The number of nitrogens with two attached hydrogens (primary N) is 1. The van der Waals surface area contributed by atoms with Gasteiger partial charge >= 0.3 is 0 Å². The summed E-state index contributed by atoms with van der Waals surface area (Å²) in [5.74, 6) is 5.83. The number of carbonyl (C=O) groups is 1. The predicted molar refractivity (Wildman–Crippen MR) is 80.6 cm³/mol. The molecule has 1 amide bonds. The van der Waals surface area contributed by atoms with Gasteiger partial charge in [-0.2, -0.15) is 0 Å². The van der Waals surface area contributed by atoms with Crippen molar-refractivity contribution in [2.75, 3.05) is 6.54 Å². The molecular weight excluding hydrogens is 264 g/mol. The molecule has 2 atom stereocenters. The molecule has 2 fully saturated rings. The molecule has 2 heterocycles. The standard InChI is InChI=1S/C17H20N2O2/c18-9-1-2-12-3-5-13(6-4-12)17(21)19-14-7-8-15(19)11-16(20)10-14/h3-6,14-16,20H,7-11,18H2. The minimum absolute atomic E-state index is 0.0766. The fourth-order valence-corrected chi connectivity index (χ4v) is 3.48. The molecule has 3 N–H and O–H groups in total. The topological polar surface area (TPSA) is 66.6 Å². The second-order valence-corrected chi connectivity index (χ2v) is 5.81. The van der Waals surface area contributed by atoms with Crippen molar-refractivity contribution in [3.63, 3.8) is 0 Å². The number of benzene rings is 1. The molecule has 1 aromatic carbocycles. The van der Waals surface area contributed by atoms with Gasteiger partial charge in [-0.1, -0.05) is 11.8 Å². The number of fused-ring (bicyclic) bond motifs is 2. The van der Waals surface area contributed by atoms with Crippen LogP contribution in [0.4, 0.5) is 0 Å². The molecule has 21 heavy (non-hydrogen) atoms. The number of amides is 1. The smallest absolute Gasteiger partial charge is 0.254 e. The Kier molecular flexibility index (Phi) is 3.96. The Bertz CT molecular complexity index is 571. The molecule has 0 aliphatic carbocycles. The highest BCUT2D eigenvalue weighted by Crippen LogP contribution is 2.36. The lowest BCUT2D eigenvalue weighted by Crippen LogP contribution is -2.47. The molecule has 2 aliphatic heterocycles. The number of hydrogen-bond acceptors (Lipinski definition) is 3. The van der Waals surface area contributed by atoms with Gasteiger partial charge in [0.25, 0.3) is 5.91 Å². The maximum absolute atomic E-state index is 12.7. The first kappa shape index (κ1) is 14.1. The van der Waals surface area contributed by atoms with Crippen molar-refractivity contribution in [3.8, 4) is 11.8 Å². The van der Waals surface area contributed by atoms with Crippen LogP contribution >= 0.6 is 0 Å². The van der Waals surface area contributed by atoms with E-state index in [1.165, 1.54) is 0 Å². The molecule has 2 bridgehead atoms. The molecule has 3 rings (SSSR count). The van der Waals surface area contributed by atoms with E-state index in [1.807, 2.05) is 29.2 Å². The lowest BCUT2D eigenvalue weighted by molar-refractivity contribution is 0.0287. The van der Waals surface area contributed by atoms with Crippen LogP contribution in [-0.2, 0) is 0 Å². The number of rotatable bonds is 1. The second-order valence-electron chi connectivity index (χ2n) is 5.81. The summed E-state index contributed by atoms with van der Waals surface area (Å²) in [6.45, 7) is 0.333. The van der Waals surface area contributed by atoms with E-state index < -0.39 is 0 Å². The summed E-state index contributed by atoms with van der Waals surface area (Å²) in [6, 6.07) is 7.76. The van der Waals surface area contributed by atoms with Crippen molar-refractivity contribution in [3.05, 3.63) is 35.4 Å². The summed E-state index contributed by atoms with van der Waals surface area (Å²) in [4.78, 5) is 14.7. The van der Waals surface area contributed by atoms with E-state index in [1.54, 1.807) is 0 Å². The summed E-state index contributed by atoms with van der Waals surface area (Å²) in [5, 5.41) is 9.82. The van der Waals surface area contributed by atoms with Gasteiger partial charge in [0.2, 0.25) is 0 Å². The molecule has 0 radical (unpaired) electrons. The first-order valence-corrected chi connectivity index (χ1v) is 7.48. The zero-order valence-electron chi connectivity index (χ0n) is 12.0.